The molecule has 2 aromatic rings. The van der Waals surface area contributed by atoms with Crippen molar-refractivity contribution in [3.8, 4) is 0 Å². The van der Waals surface area contributed by atoms with Crippen LogP contribution < -0.4 is 10.6 Å². The highest BCUT2D eigenvalue weighted by molar-refractivity contribution is 6.28. The van der Waals surface area contributed by atoms with Gasteiger partial charge in [-0.05, 0) is 29.9 Å². The molecule has 0 unspecified atom stereocenters. The van der Waals surface area contributed by atoms with Gasteiger partial charge in [0.15, 0.2) is 0 Å². The van der Waals surface area contributed by atoms with Crippen LogP contribution in [0.5, 0.6) is 0 Å². The highest BCUT2D eigenvalue weighted by Crippen LogP contribution is 2.16. The van der Waals surface area contributed by atoms with Gasteiger partial charge in [-0.3, -0.25) is 29.8 Å². The molecule has 11 heteroatoms. The smallest absolute Gasteiger partial charge is 0.320 e. The van der Waals surface area contributed by atoms with Gasteiger partial charge in [0.1, 0.15) is 13.3 Å². The SMILES string of the molecule is CC(C)C[C@H](/C=C/Cc1ccc([N+](=O)[O-])cc1)COCNC(=O)C=NC(=O)CNCC(=O)OCc1ccccc1. The molecule has 214 valence electrons. The summed E-state index contributed by atoms with van der Waals surface area (Å²) >= 11 is 0. The second-order valence-electron chi connectivity index (χ2n) is 9.40. The standard InChI is InChI=1S/C29H36N4O7/c1-22(2)15-25(10-6-9-23-11-13-26(14-12-23)33(37)38)19-39-21-32-28(35)17-31-27(34)16-30-18-29(36)40-20-24-7-4-3-5-8-24/h3-8,10-14,17,22,25,30H,9,15-16,18-21H2,1-2H3,(H,32,35)/b10-6+,31-17?/t25-/m0/s1. The first-order chi connectivity index (χ1) is 19.2. The number of nitro groups is 1. The van der Waals surface area contributed by atoms with Crippen LogP contribution in [-0.4, -0.2) is 55.3 Å². The minimum atomic E-state index is -0.609. The number of esters is 1. The van der Waals surface area contributed by atoms with Crippen molar-refractivity contribution in [1.82, 2.24) is 10.6 Å². The molecular formula is C29H36N4O7. The lowest BCUT2D eigenvalue weighted by molar-refractivity contribution is -0.384. The van der Waals surface area contributed by atoms with E-state index in [1.54, 1.807) is 12.1 Å². The van der Waals surface area contributed by atoms with E-state index in [2.05, 4.69) is 29.5 Å². The molecular weight excluding hydrogens is 516 g/mol. The molecule has 11 nitrogen and oxygen atoms in total. The first-order valence-corrected chi connectivity index (χ1v) is 13.0. The van der Waals surface area contributed by atoms with Crippen LogP contribution in [0.4, 0.5) is 5.69 Å². The van der Waals surface area contributed by atoms with Crippen molar-refractivity contribution in [2.45, 2.75) is 33.3 Å². The molecule has 2 rings (SSSR count). The summed E-state index contributed by atoms with van der Waals surface area (Å²) in [7, 11) is 0. The van der Waals surface area contributed by atoms with E-state index >= 15 is 0 Å². The van der Waals surface area contributed by atoms with Crippen LogP contribution in [0.3, 0.4) is 0 Å². The second kappa shape index (κ2) is 18.1. The van der Waals surface area contributed by atoms with Gasteiger partial charge in [-0.25, -0.2) is 4.99 Å². The average Bonchev–Trinajstić information content (AvgIpc) is 2.93. The molecule has 0 bridgehead atoms. The lowest BCUT2D eigenvalue weighted by atomic mass is 9.97. The molecule has 1 atom stereocenters. The first-order valence-electron chi connectivity index (χ1n) is 13.0. The molecule has 0 aliphatic rings. The van der Waals surface area contributed by atoms with E-state index in [0.29, 0.717) is 18.9 Å². The molecule has 2 aromatic carbocycles. The molecule has 0 spiro atoms. The minimum absolute atomic E-state index is 0.0463. The number of allylic oxidation sites excluding steroid dienone is 1. The molecule has 0 saturated heterocycles. The zero-order chi connectivity index (χ0) is 29.2. The molecule has 0 heterocycles. The number of amides is 2. The Bertz CT molecular complexity index is 1150. The van der Waals surface area contributed by atoms with Crippen molar-refractivity contribution >= 4 is 29.7 Å². The Kier molecular flexibility index (Phi) is 14.5. The maximum absolute atomic E-state index is 11.9. The first kappa shape index (κ1) is 32.0. The summed E-state index contributed by atoms with van der Waals surface area (Å²) in [6, 6.07) is 15.7. The lowest BCUT2D eigenvalue weighted by Gasteiger charge is -2.15. The van der Waals surface area contributed by atoms with Gasteiger partial charge in [-0.1, -0.05) is 68.5 Å². The average molecular weight is 553 g/mol. The fourth-order valence-corrected chi connectivity index (χ4v) is 3.57. The monoisotopic (exact) mass is 552 g/mol. The highest BCUT2D eigenvalue weighted by Gasteiger charge is 2.09. The maximum Gasteiger partial charge on any atom is 0.320 e. The van der Waals surface area contributed by atoms with Gasteiger partial charge in [0, 0.05) is 18.1 Å². The fraction of sp³-hybridized carbons (Fsp3) is 0.379. The Morgan fingerprint density at radius 2 is 1.75 bits per heavy atom. The number of rotatable bonds is 17. The van der Waals surface area contributed by atoms with E-state index in [9.17, 15) is 24.5 Å². The van der Waals surface area contributed by atoms with Crippen LogP contribution in [0.15, 0.2) is 71.7 Å². The van der Waals surface area contributed by atoms with Gasteiger partial charge in [0.05, 0.1) is 30.8 Å². The third-order valence-corrected chi connectivity index (χ3v) is 5.48. The number of ether oxygens (including phenoxy) is 2. The molecule has 0 fully saturated rings. The van der Waals surface area contributed by atoms with Crippen LogP contribution >= 0.6 is 0 Å². The largest absolute Gasteiger partial charge is 0.460 e. The van der Waals surface area contributed by atoms with Crippen LogP contribution in [0.25, 0.3) is 0 Å². The van der Waals surface area contributed by atoms with Crippen molar-refractivity contribution in [3.05, 3.63) is 88.0 Å². The number of hydrogen-bond acceptors (Lipinski definition) is 8. The molecule has 0 saturated carbocycles. The van der Waals surface area contributed by atoms with Crippen LogP contribution in [0.2, 0.25) is 0 Å². The molecule has 40 heavy (non-hydrogen) atoms. The summed E-state index contributed by atoms with van der Waals surface area (Å²) in [5.74, 6) is -1.14. The summed E-state index contributed by atoms with van der Waals surface area (Å²) in [6.07, 6.45) is 6.45. The van der Waals surface area contributed by atoms with Crippen molar-refractivity contribution < 1.29 is 28.8 Å². The second-order valence-corrected chi connectivity index (χ2v) is 9.40. The van der Waals surface area contributed by atoms with Gasteiger partial charge in [0.25, 0.3) is 17.5 Å². The van der Waals surface area contributed by atoms with Gasteiger partial charge >= 0.3 is 5.97 Å². The third kappa shape index (κ3) is 14.1. The van der Waals surface area contributed by atoms with Crippen molar-refractivity contribution in [1.29, 1.82) is 0 Å². The van der Waals surface area contributed by atoms with Gasteiger partial charge in [-0.15, -0.1) is 0 Å². The van der Waals surface area contributed by atoms with Gasteiger partial charge in [-0.2, -0.15) is 0 Å². The minimum Gasteiger partial charge on any atom is -0.460 e. The van der Waals surface area contributed by atoms with E-state index in [1.807, 2.05) is 42.5 Å². The van der Waals surface area contributed by atoms with Crippen molar-refractivity contribution in [2.75, 3.05) is 26.4 Å². The number of benzene rings is 2. The number of aliphatic imine (C=N–C) groups is 1. The number of non-ortho nitro benzene ring substituents is 1. The highest BCUT2D eigenvalue weighted by atomic mass is 16.6. The van der Waals surface area contributed by atoms with Gasteiger partial charge in [0.2, 0.25) is 0 Å². The number of carbonyl (C=O) groups is 3. The molecule has 0 radical (unpaired) electrons. The van der Waals surface area contributed by atoms with E-state index in [4.69, 9.17) is 9.47 Å². The summed E-state index contributed by atoms with van der Waals surface area (Å²) in [4.78, 5) is 49.4. The van der Waals surface area contributed by atoms with Crippen molar-refractivity contribution in [2.24, 2.45) is 16.8 Å². The fourth-order valence-electron chi connectivity index (χ4n) is 3.57. The third-order valence-electron chi connectivity index (χ3n) is 5.48. The zero-order valence-corrected chi connectivity index (χ0v) is 22.8. The Morgan fingerprint density at radius 3 is 2.42 bits per heavy atom. The predicted octanol–water partition coefficient (Wildman–Crippen LogP) is 3.38. The Balaban J connectivity index is 1.63. The Morgan fingerprint density at radius 1 is 1.02 bits per heavy atom. The quantitative estimate of drug-likeness (QED) is 0.0577. The Labute approximate surface area is 233 Å². The van der Waals surface area contributed by atoms with E-state index in [-0.39, 0.29) is 38.0 Å². The number of hydrogen-bond donors (Lipinski definition) is 2. The summed E-state index contributed by atoms with van der Waals surface area (Å²) in [5.41, 5.74) is 1.88. The molecule has 0 aliphatic carbocycles. The molecule has 0 aromatic heterocycles. The molecule has 0 aliphatic heterocycles. The van der Waals surface area contributed by atoms with Crippen molar-refractivity contribution in [3.63, 3.8) is 0 Å². The predicted molar refractivity (Wildman–Crippen MR) is 150 cm³/mol. The summed E-state index contributed by atoms with van der Waals surface area (Å²) in [6.45, 7) is 4.32. The normalized spacial score (nSPS) is 12.1. The number of carbonyl (C=O) groups excluding carboxylic acids is 3. The van der Waals surface area contributed by atoms with E-state index < -0.39 is 22.7 Å². The van der Waals surface area contributed by atoms with Crippen LogP contribution in [0, 0.1) is 22.0 Å². The van der Waals surface area contributed by atoms with Crippen LogP contribution in [-0.2, 0) is 36.9 Å². The molecule has 2 N–H and O–H groups in total. The zero-order valence-electron chi connectivity index (χ0n) is 22.8. The number of nitro benzene ring substituents is 1. The van der Waals surface area contributed by atoms with Gasteiger partial charge < -0.3 is 14.8 Å². The van der Waals surface area contributed by atoms with E-state index in [0.717, 1.165) is 23.8 Å². The number of nitrogens with zero attached hydrogens (tertiary/aromatic N) is 2. The molecule has 2 amide bonds. The Hall–Kier alpha value is -4.22. The summed E-state index contributed by atoms with van der Waals surface area (Å²) in [5, 5.41) is 15.9. The van der Waals surface area contributed by atoms with Crippen LogP contribution in [0.1, 0.15) is 31.4 Å². The number of nitrogens with one attached hydrogen (secondary N) is 2. The maximum atomic E-state index is 11.9. The topological polar surface area (TPSA) is 149 Å². The lowest BCUT2D eigenvalue weighted by Crippen LogP contribution is -2.30. The van der Waals surface area contributed by atoms with E-state index in [1.165, 1.54) is 12.1 Å². The summed E-state index contributed by atoms with van der Waals surface area (Å²) < 4.78 is 10.7.